The van der Waals surface area contributed by atoms with Crippen LogP contribution < -0.4 is 0 Å². The lowest BCUT2D eigenvalue weighted by molar-refractivity contribution is -0.137. The van der Waals surface area contributed by atoms with E-state index < -0.39 is 36.6 Å². The summed E-state index contributed by atoms with van der Waals surface area (Å²) in [7, 11) is 0. The molecule has 0 aliphatic rings. The number of ether oxygens (including phenoxy) is 1. The van der Waals surface area contributed by atoms with Crippen LogP contribution in [0.3, 0.4) is 0 Å². The van der Waals surface area contributed by atoms with Gasteiger partial charge < -0.3 is 4.74 Å². The molecule has 0 saturated carbocycles. The van der Waals surface area contributed by atoms with Crippen molar-refractivity contribution in [3.05, 3.63) is 35.4 Å². The molecule has 0 atom stereocenters. The van der Waals surface area contributed by atoms with Crippen LogP contribution in [-0.4, -0.2) is 25.2 Å². The van der Waals surface area contributed by atoms with Crippen LogP contribution in [0.5, 0.6) is 0 Å². The summed E-state index contributed by atoms with van der Waals surface area (Å²) in [5.74, 6) is -2.59. The fourth-order valence-corrected chi connectivity index (χ4v) is 1.33. The Morgan fingerprint density at radius 3 is 2.47 bits per heavy atom. The van der Waals surface area contributed by atoms with E-state index >= 15 is 0 Å². The van der Waals surface area contributed by atoms with Gasteiger partial charge >= 0.3 is 6.18 Å². The van der Waals surface area contributed by atoms with Crippen molar-refractivity contribution in [3.8, 4) is 0 Å². The summed E-state index contributed by atoms with van der Waals surface area (Å²) in [5.41, 5.74) is -0.350. The zero-order valence-electron chi connectivity index (χ0n) is 9.77. The molecule has 19 heavy (non-hydrogen) atoms. The maximum absolute atomic E-state index is 13.2. The van der Waals surface area contributed by atoms with Gasteiger partial charge in [-0.3, -0.25) is 4.79 Å². The van der Waals surface area contributed by atoms with Crippen LogP contribution in [-0.2, 0) is 4.74 Å². The Morgan fingerprint density at radius 1 is 1.21 bits per heavy atom. The SMILES string of the molecule is O=C(COCCCC(F)(F)F)c1ccc(F)cc1F. The highest BCUT2D eigenvalue weighted by molar-refractivity contribution is 5.97. The lowest BCUT2D eigenvalue weighted by Crippen LogP contribution is -2.13. The molecule has 0 aliphatic heterocycles. The molecule has 0 bridgehead atoms. The number of benzene rings is 1. The van der Waals surface area contributed by atoms with E-state index in [4.69, 9.17) is 4.74 Å². The third-order valence-electron chi connectivity index (χ3n) is 2.21. The number of alkyl halides is 3. The van der Waals surface area contributed by atoms with Gasteiger partial charge in [-0.15, -0.1) is 0 Å². The maximum Gasteiger partial charge on any atom is 0.389 e. The van der Waals surface area contributed by atoms with Crippen LogP contribution in [0.1, 0.15) is 23.2 Å². The highest BCUT2D eigenvalue weighted by Gasteiger charge is 2.26. The molecule has 0 fully saturated rings. The van der Waals surface area contributed by atoms with Crippen molar-refractivity contribution in [3.63, 3.8) is 0 Å². The summed E-state index contributed by atoms with van der Waals surface area (Å²) in [5, 5.41) is 0. The number of hydrogen-bond donors (Lipinski definition) is 0. The van der Waals surface area contributed by atoms with Crippen molar-refractivity contribution in [2.24, 2.45) is 0 Å². The van der Waals surface area contributed by atoms with Crippen LogP contribution >= 0.6 is 0 Å². The molecule has 1 aromatic carbocycles. The smallest absolute Gasteiger partial charge is 0.373 e. The topological polar surface area (TPSA) is 26.3 Å². The standard InChI is InChI=1S/C12H11F5O2/c13-8-2-3-9(10(14)6-8)11(18)7-19-5-1-4-12(15,16)17/h2-3,6H,1,4-5,7H2. The number of rotatable bonds is 6. The Kier molecular flexibility index (Phi) is 5.41. The fourth-order valence-electron chi connectivity index (χ4n) is 1.33. The number of carbonyl (C=O) groups is 1. The highest BCUT2D eigenvalue weighted by Crippen LogP contribution is 2.21. The van der Waals surface area contributed by atoms with Gasteiger partial charge in [0.15, 0.2) is 5.78 Å². The molecule has 0 radical (unpaired) electrons. The van der Waals surface area contributed by atoms with Gasteiger partial charge in [0.2, 0.25) is 0 Å². The third kappa shape index (κ3) is 5.78. The van der Waals surface area contributed by atoms with Crippen molar-refractivity contribution >= 4 is 5.78 Å². The average Bonchev–Trinajstić information content (AvgIpc) is 2.26. The Morgan fingerprint density at radius 2 is 1.89 bits per heavy atom. The van der Waals surface area contributed by atoms with Crippen molar-refractivity contribution in [2.75, 3.05) is 13.2 Å². The van der Waals surface area contributed by atoms with Crippen molar-refractivity contribution < 1.29 is 31.5 Å². The van der Waals surface area contributed by atoms with Gasteiger partial charge in [-0.25, -0.2) is 8.78 Å². The molecule has 0 aromatic heterocycles. The zero-order chi connectivity index (χ0) is 14.5. The molecule has 0 amide bonds. The molecule has 1 aromatic rings. The van der Waals surface area contributed by atoms with E-state index in [9.17, 15) is 26.7 Å². The molecular weight excluding hydrogens is 271 g/mol. The summed E-state index contributed by atoms with van der Waals surface area (Å²) in [6.07, 6.45) is -5.55. The van der Waals surface area contributed by atoms with Crippen LogP contribution in [0.2, 0.25) is 0 Å². The van der Waals surface area contributed by atoms with Gasteiger partial charge in [0.1, 0.15) is 18.2 Å². The van der Waals surface area contributed by atoms with Gasteiger partial charge in [0.05, 0.1) is 5.56 Å². The van der Waals surface area contributed by atoms with E-state index in [1.54, 1.807) is 0 Å². The Balaban J connectivity index is 2.36. The third-order valence-corrected chi connectivity index (χ3v) is 2.21. The summed E-state index contributed by atoms with van der Waals surface area (Å²) >= 11 is 0. The van der Waals surface area contributed by atoms with Crippen LogP contribution in [0.25, 0.3) is 0 Å². The summed E-state index contributed by atoms with van der Waals surface area (Å²) < 4.78 is 65.8. The minimum Gasteiger partial charge on any atom is -0.373 e. The predicted molar refractivity (Wildman–Crippen MR) is 56.8 cm³/mol. The Bertz CT molecular complexity index is 442. The molecule has 2 nitrogen and oxygen atoms in total. The minimum atomic E-state index is -4.27. The molecular formula is C12H11F5O2. The number of carbonyl (C=O) groups excluding carboxylic acids is 1. The molecule has 106 valence electrons. The second-order valence-corrected chi connectivity index (χ2v) is 3.82. The van der Waals surface area contributed by atoms with Crippen LogP contribution in [0.4, 0.5) is 22.0 Å². The monoisotopic (exact) mass is 282 g/mol. The van der Waals surface area contributed by atoms with E-state index in [2.05, 4.69) is 0 Å². The number of halogens is 5. The fraction of sp³-hybridized carbons (Fsp3) is 0.417. The molecule has 0 N–H and O–H groups in total. The molecule has 0 spiro atoms. The quantitative estimate of drug-likeness (QED) is 0.453. The molecule has 0 aliphatic carbocycles. The molecule has 0 unspecified atom stereocenters. The van der Waals surface area contributed by atoms with E-state index in [1.807, 2.05) is 0 Å². The second kappa shape index (κ2) is 6.60. The van der Waals surface area contributed by atoms with Gasteiger partial charge in [0.25, 0.3) is 0 Å². The van der Waals surface area contributed by atoms with Crippen molar-refractivity contribution in [1.82, 2.24) is 0 Å². The number of ketones is 1. The molecule has 0 saturated heterocycles. The van der Waals surface area contributed by atoms with E-state index in [0.29, 0.717) is 6.07 Å². The molecule has 0 heterocycles. The number of hydrogen-bond acceptors (Lipinski definition) is 2. The first-order valence-electron chi connectivity index (χ1n) is 5.42. The van der Waals surface area contributed by atoms with E-state index in [1.165, 1.54) is 0 Å². The largest absolute Gasteiger partial charge is 0.389 e. The first-order chi connectivity index (χ1) is 8.79. The molecule has 7 heteroatoms. The van der Waals surface area contributed by atoms with Crippen molar-refractivity contribution in [2.45, 2.75) is 19.0 Å². The highest BCUT2D eigenvalue weighted by atomic mass is 19.4. The van der Waals surface area contributed by atoms with E-state index in [-0.39, 0.29) is 18.6 Å². The lowest BCUT2D eigenvalue weighted by Gasteiger charge is -2.07. The van der Waals surface area contributed by atoms with Gasteiger partial charge in [-0.2, -0.15) is 13.2 Å². The Hall–Kier alpha value is -1.50. The predicted octanol–water partition coefficient (Wildman–Crippen LogP) is 3.51. The van der Waals surface area contributed by atoms with Crippen LogP contribution in [0.15, 0.2) is 18.2 Å². The van der Waals surface area contributed by atoms with Gasteiger partial charge in [-0.1, -0.05) is 0 Å². The summed E-state index contributed by atoms with van der Waals surface area (Å²) in [6.45, 7) is -0.797. The maximum atomic E-state index is 13.2. The average molecular weight is 282 g/mol. The molecule has 1 rings (SSSR count). The van der Waals surface area contributed by atoms with Gasteiger partial charge in [-0.05, 0) is 18.6 Å². The minimum absolute atomic E-state index is 0.256. The first kappa shape index (κ1) is 15.6. The van der Waals surface area contributed by atoms with Crippen LogP contribution in [0, 0.1) is 11.6 Å². The van der Waals surface area contributed by atoms with Crippen molar-refractivity contribution in [1.29, 1.82) is 0 Å². The van der Waals surface area contributed by atoms with E-state index in [0.717, 1.165) is 12.1 Å². The first-order valence-corrected chi connectivity index (χ1v) is 5.42. The lowest BCUT2D eigenvalue weighted by atomic mass is 10.1. The summed E-state index contributed by atoms with van der Waals surface area (Å²) in [4.78, 5) is 11.4. The summed E-state index contributed by atoms with van der Waals surface area (Å²) in [6, 6.07) is 2.43. The second-order valence-electron chi connectivity index (χ2n) is 3.82. The number of Topliss-reactive ketones (excluding diaryl/α,β-unsaturated/α-hetero) is 1. The normalized spacial score (nSPS) is 11.6. The zero-order valence-corrected chi connectivity index (χ0v) is 9.77. The Labute approximate surface area is 106 Å². The van der Waals surface area contributed by atoms with Gasteiger partial charge in [0, 0.05) is 19.1 Å².